The van der Waals surface area contributed by atoms with E-state index >= 15 is 0 Å². The van der Waals surface area contributed by atoms with Crippen molar-refractivity contribution in [3.63, 3.8) is 0 Å². The second-order valence-corrected chi connectivity index (χ2v) is 4.10. The molecule has 0 spiro atoms. The minimum Gasteiger partial charge on any atom is -0.421 e. The summed E-state index contributed by atoms with van der Waals surface area (Å²) in [5.41, 5.74) is 2.52. The molecule has 0 saturated heterocycles. The number of nitrogens with zero attached hydrogens (tertiary/aromatic N) is 3. The maximum Gasteiger partial charge on any atom is 0.528 e. The van der Waals surface area contributed by atoms with Crippen molar-refractivity contribution in [2.75, 3.05) is 0 Å². The Hall–Kier alpha value is -2.57. The normalized spacial score (nSPS) is 9.43. The molecule has 0 aliphatic carbocycles. The van der Waals surface area contributed by atoms with Crippen molar-refractivity contribution in [3.8, 4) is 11.1 Å². The van der Waals surface area contributed by atoms with Gasteiger partial charge in [-0.25, -0.2) is 15.0 Å². The van der Waals surface area contributed by atoms with Crippen molar-refractivity contribution >= 4 is 12.8 Å². The molecule has 0 aliphatic heterocycles. The van der Waals surface area contributed by atoms with Crippen LogP contribution < -0.4 is 5.72 Å². The van der Waals surface area contributed by atoms with Crippen LogP contribution in [0, 0.1) is 0 Å². The van der Waals surface area contributed by atoms with E-state index in [1.165, 1.54) is 23.8 Å². The summed E-state index contributed by atoms with van der Waals surface area (Å²) < 4.78 is 0. The van der Waals surface area contributed by atoms with Gasteiger partial charge in [0.1, 0.15) is 12.7 Å². The molecule has 0 unspecified atom stereocenters. The molecule has 1 aromatic heterocycles. The SMILES string of the molecule is OB(O)c1ncncn1.c1ccc(-c2ccccc2)cc1. The number of rotatable bonds is 2. The minimum atomic E-state index is -1.60. The molecular weight excluding hydrogens is 265 g/mol. The molecule has 5 nitrogen and oxygen atoms in total. The molecule has 0 radical (unpaired) electrons. The molecule has 104 valence electrons. The first-order chi connectivity index (χ1) is 10.3. The average Bonchev–Trinajstić information content (AvgIpc) is 2.58. The summed E-state index contributed by atoms with van der Waals surface area (Å²) in [5, 5.41) is 16.9. The Labute approximate surface area is 123 Å². The predicted octanol–water partition coefficient (Wildman–Crippen LogP) is 0.905. The van der Waals surface area contributed by atoms with Gasteiger partial charge in [-0.1, -0.05) is 60.7 Å². The summed E-state index contributed by atoms with van der Waals surface area (Å²) in [6.45, 7) is 0. The molecule has 6 heteroatoms. The topological polar surface area (TPSA) is 79.1 Å². The maximum absolute atomic E-state index is 8.43. The second-order valence-electron chi connectivity index (χ2n) is 4.10. The highest BCUT2D eigenvalue weighted by atomic mass is 16.4. The zero-order valence-electron chi connectivity index (χ0n) is 11.2. The molecule has 0 atom stereocenters. The smallest absolute Gasteiger partial charge is 0.421 e. The van der Waals surface area contributed by atoms with Crippen LogP contribution in [-0.2, 0) is 0 Å². The lowest BCUT2D eigenvalue weighted by atomic mass is 9.91. The summed E-state index contributed by atoms with van der Waals surface area (Å²) in [4.78, 5) is 10.4. The summed E-state index contributed by atoms with van der Waals surface area (Å²) in [5.74, 6) is 0. The van der Waals surface area contributed by atoms with Crippen LogP contribution in [-0.4, -0.2) is 32.1 Å². The quantitative estimate of drug-likeness (QED) is 0.681. The van der Waals surface area contributed by atoms with E-state index in [9.17, 15) is 0 Å². The van der Waals surface area contributed by atoms with Crippen molar-refractivity contribution in [3.05, 3.63) is 73.3 Å². The van der Waals surface area contributed by atoms with E-state index in [-0.39, 0.29) is 5.72 Å². The highest BCUT2D eigenvalue weighted by molar-refractivity contribution is 6.56. The maximum atomic E-state index is 8.43. The number of hydrogen-bond acceptors (Lipinski definition) is 5. The third-order valence-corrected chi connectivity index (χ3v) is 2.63. The van der Waals surface area contributed by atoms with Crippen LogP contribution in [0.5, 0.6) is 0 Å². The summed E-state index contributed by atoms with van der Waals surface area (Å²) in [7, 11) is -1.60. The molecule has 3 rings (SSSR count). The van der Waals surface area contributed by atoms with Gasteiger partial charge in [0.2, 0.25) is 0 Å². The van der Waals surface area contributed by atoms with E-state index < -0.39 is 7.12 Å². The fraction of sp³-hybridized carbons (Fsp3) is 0. The molecular formula is C15H14BN3O2. The highest BCUT2D eigenvalue weighted by Crippen LogP contribution is 2.17. The van der Waals surface area contributed by atoms with Crippen LogP contribution in [0.3, 0.4) is 0 Å². The third kappa shape index (κ3) is 4.79. The van der Waals surface area contributed by atoms with Gasteiger partial charge in [-0.2, -0.15) is 0 Å². The third-order valence-electron chi connectivity index (χ3n) is 2.63. The molecule has 3 aromatic rings. The lowest BCUT2D eigenvalue weighted by Crippen LogP contribution is -2.35. The van der Waals surface area contributed by atoms with E-state index in [0.29, 0.717) is 0 Å². The van der Waals surface area contributed by atoms with Crippen LogP contribution in [0.25, 0.3) is 11.1 Å². The fourth-order valence-electron chi connectivity index (χ4n) is 1.64. The minimum absolute atomic E-state index is 0.0370. The molecule has 21 heavy (non-hydrogen) atoms. The zero-order chi connectivity index (χ0) is 14.9. The fourth-order valence-corrected chi connectivity index (χ4v) is 1.64. The summed E-state index contributed by atoms with van der Waals surface area (Å²) in [6, 6.07) is 20.8. The van der Waals surface area contributed by atoms with Gasteiger partial charge >= 0.3 is 7.12 Å². The van der Waals surface area contributed by atoms with Gasteiger partial charge in [0.25, 0.3) is 0 Å². The van der Waals surface area contributed by atoms with Gasteiger partial charge in [0.15, 0.2) is 5.72 Å². The van der Waals surface area contributed by atoms with Gasteiger partial charge < -0.3 is 10.0 Å². The first-order valence-electron chi connectivity index (χ1n) is 6.36. The monoisotopic (exact) mass is 279 g/mol. The van der Waals surface area contributed by atoms with Gasteiger partial charge in [0.05, 0.1) is 0 Å². The van der Waals surface area contributed by atoms with Crippen molar-refractivity contribution in [2.24, 2.45) is 0 Å². The number of aromatic nitrogens is 3. The van der Waals surface area contributed by atoms with Gasteiger partial charge in [-0.15, -0.1) is 0 Å². The predicted molar refractivity (Wildman–Crippen MR) is 81.5 cm³/mol. The van der Waals surface area contributed by atoms with Crippen LogP contribution >= 0.6 is 0 Å². The lowest BCUT2D eigenvalue weighted by molar-refractivity contribution is 0.422. The number of hydrogen-bond donors (Lipinski definition) is 2. The van der Waals surface area contributed by atoms with E-state index in [1.807, 2.05) is 12.1 Å². The van der Waals surface area contributed by atoms with Crippen molar-refractivity contribution in [2.45, 2.75) is 0 Å². The molecule has 0 aliphatic rings. The Morgan fingerprint density at radius 2 is 1.10 bits per heavy atom. The Morgan fingerprint density at radius 3 is 1.43 bits per heavy atom. The van der Waals surface area contributed by atoms with Crippen LogP contribution in [0.2, 0.25) is 0 Å². The van der Waals surface area contributed by atoms with Crippen molar-refractivity contribution < 1.29 is 10.0 Å². The highest BCUT2D eigenvalue weighted by Gasteiger charge is 2.12. The molecule has 0 saturated carbocycles. The summed E-state index contributed by atoms with van der Waals surface area (Å²) >= 11 is 0. The van der Waals surface area contributed by atoms with E-state index in [2.05, 4.69) is 63.5 Å². The van der Waals surface area contributed by atoms with Gasteiger partial charge in [0, 0.05) is 0 Å². The molecule has 0 amide bonds. The second kappa shape index (κ2) is 7.89. The van der Waals surface area contributed by atoms with Crippen molar-refractivity contribution in [1.29, 1.82) is 0 Å². The lowest BCUT2D eigenvalue weighted by Gasteiger charge is -1.98. The van der Waals surface area contributed by atoms with Gasteiger partial charge in [-0.05, 0) is 11.1 Å². The Balaban J connectivity index is 0.000000161. The summed E-state index contributed by atoms with van der Waals surface area (Å²) in [6.07, 6.45) is 2.39. The van der Waals surface area contributed by atoms with E-state index in [0.717, 1.165) is 0 Å². The first kappa shape index (κ1) is 14.8. The average molecular weight is 279 g/mol. The van der Waals surface area contributed by atoms with Gasteiger partial charge in [-0.3, -0.25) is 0 Å². The molecule has 0 fully saturated rings. The Kier molecular flexibility index (Phi) is 5.57. The molecule has 0 bridgehead atoms. The van der Waals surface area contributed by atoms with Crippen LogP contribution in [0.1, 0.15) is 0 Å². The number of benzene rings is 2. The van der Waals surface area contributed by atoms with Crippen LogP contribution in [0.4, 0.5) is 0 Å². The largest absolute Gasteiger partial charge is 0.528 e. The first-order valence-corrected chi connectivity index (χ1v) is 6.36. The van der Waals surface area contributed by atoms with E-state index in [4.69, 9.17) is 10.0 Å². The molecule has 1 heterocycles. The van der Waals surface area contributed by atoms with Crippen molar-refractivity contribution in [1.82, 2.24) is 15.0 Å². The standard InChI is InChI=1S/C12H10.C3H4BN3O2/c1-3-7-11(8-4-1)12-9-5-2-6-10-12;8-4(9)3-6-1-5-2-7-3/h1-10H;1-2,8-9H. The zero-order valence-corrected chi connectivity index (χ0v) is 11.2. The Bertz CT molecular complexity index is 599. The van der Waals surface area contributed by atoms with Crippen LogP contribution in [0.15, 0.2) is 73.3 Å². The molecule has 2 N–H and O–H groups in total. The Morgan fingerprint density at radius 1 is 0.667 bits per heavy atom. The molecule has 2 aromatic carbocycles. The van der Waals surface area contributed by atoms with E-state index in [1.54, 1.807) is 0 Å².